The Morgan fingerprint density at radius 1 is 1.23 bits per heavy atom. The second-order valence-corrected chi connectivity index (χ2v) is 7.18. The van der Waals surface area contributed by atoms with Gasteiger partial charge in [0.05, 0.1) is 5.52 Å². The monoisotopic (exact) mass is 352 g/mol. The first kappa shape index (κ1) is 17.9. The summed E-state index contributed by atoms with van der Waals surface area (Å²) in [6, 6.07) is 9.66. The van der Waals surface area contributed by atoms with Crippen molar-refractivity contribution in [1.29, 1.82) is 0 Å². The van der Waals surface area contributed by atoms with Crippen LogP contribution in [0.3, 0.4) is 0 Å². The number of rotatable bonds is 6. The molecule has 0 spiro atoms. The van der Waals surface area contributed by atoms with Crippen molar-refractivity contribution in [2.45, 2.75) is 20.8 Å². The van der Waals surface area contributed by atoms with E-state index in [0.717, 1.165) is 11.3 Å². The normalized spacial score (nSPS) is 11.5. The standard InChI is InChI=1S/C19H24N6O/c1-12-5-4-6-13(9-12)23-16-15-14(7-8-21-17(15)26)24-18(25-16)22-11-19(2,3)10-20/h4-9H,10-11,20H2,1-3H3,(H,21,26)(H2,22,23,24,25). The molecule has 0 amide bonds. The minimum absolute atomic E-state index is 0.0867. The van der Waals surface area contributed by atoms with Crippen LogP contribution in [0.25, 0.3) is 10.9 Å². The molecule has 0 saturated carbocycles. The molecule has 3 aromatic rings. The molecule has 5 N–H and O–H groups in total. The Morgan fingerprint density at radius 2 is 2.04 bits per heavy atom. The lowest BCUT2D eigenvalue weighted by molar-refractivity contribution is 0.405. The molecule has 7 nitrogen and oxygen atoms in total. The van der Waals surface area contributed by atoms with E-state index in [2.05, 4.69) is 39.4 Å². The maximum Gasteiger partial charge on any atom is 0.261 e. The topological polar surface area (TPSA) is 109 Å². The summed E-state index contributed by atoms with van der Waals surface area (Å²) in [7, 11) is 0. The molecule has 7 heteroatoms. The van der Waals surface area contributed by atoms with E-state index in [1.165, 1.54) is 0 Å². The molecule has 1 aromatic carbocycles. The number of aromatic amines is 1. The second-order valence-electron chi connectivity index (χ2n) is 7.18. The van der Waals surface area contributed by atoms with Crippen LogP contribution in [-0.2, 0) is 0 Å². The number of aromatic nitrogens is 3. The fourth-order valence-corrected chi connectivity index (χ4v) is 2.51. The number of fused-ring (bicyclic) bond motifs is 1. The molecule has 0 atom stereocenters. The molecule has 2 aromatic heterocycles. The minimum Gasteiger partial charge on any atom is -0.354 e. The largest absolute Gasteiger partial charge is 0.354 e. The van der Waals surface area contributed by atoms with Gasteiger partial charge in [0.1, 0.15) is 11.2 Å². The molecule has 0 aliphatic carbocycles. The van der Waals surface area contributed by atoms with Gasteiger partial charge in [-0.25, -0.2) is 4.98 Å². The number of aryl methyl sites for hydroxylation is 1. The van der Waals surface area contributed by atoms with Crippen molar-refractivity contribution in [2.24, 2.45) is 11.1 Å². The molecule has 0 bridgehead atoms. The van der Waals surface area contributed by atoms with Crippen LogP contribution in [0.15, 0.2) is 41.3 Å². The Bertz CT molecular complexity index is 979. The molecule has 0 aliphatic rings. The molecule has 136 valence electrons. The maximum atomic E-state index is 12.3. The summed E-state index contributed by atoms with van der Waals surface area (Å²) in [5.41, 5.74) is 8.03. The Labute approximate surface area is 152 Å². The highest BCUT2D eigenvalue weighted by Gasteiger charge is 2.17. The van der Waals surface area contributed by atoms with Crippen molar-refractivity contribution in [3.63, 3.8) is 0 Å². The predicted molar refractivity (Wildman–Crippen MR) is 106 cm³/mol. The molecule has 0 unspecified atom stereocenters. The van der Waals surface area contributed by atoms with Crippen LogP contribution in [0.1, 0.15) is 19.4 Å². The first-order valence-electron chi connectivity index (χ1n) is 8.55. The van der Waals surface area contributed by atoms with Gasteiger partial charge in [0, 0.05) is 18.4 Å². The highest BCUT2D eigenvalue weighted by Crippen LogP contribution is 2.23. The predicted octanol–water partition coefficient (Wildman–Crippen LogP) is 2.77. The van der Waals surface area contributed by atoms with Crippen LogP contribution in [0.4, 0.5) is 17.5 Å². The van der Waals surface area contributed by atoms with Gasteiger partial charge in [-0.1, -0.05) is 26.0 Å². The number of nitrogens with one attached hydrogen (secondary N) is 3. The number of benzene rings is 1. The second kappa shape index (κ2) is 7.13. The van der Waals surface area contributed by atoms with E-state index in [9.17, 15) is 4.79 Å². The molecule has 0 radical (unpaired) electrons. The van der Waals surface area contributed by atoms with Crippen molar-refractivity contribution in [3.05, 3.63) is 52.4 Å². The maximum absolute atomic E-state index is 12.3. The van der Waals surface area contributed by atoms with Crippen LogP contribution < -0.4 is 21.9 Å². The third-order valence-electron chi connectivity index (χ3n) is 4.18. The average molecular weight is 352 g/mol. The van der Waals surface area contributed by atoms with Gasteiger partial charge in [0.15, 0.2) is 0 Å². The summed E-state index contributed by atoms with van der Waals surface area (Å²) >= 11 is 0. The molecule has 2 heterocycles. The number of anilines is 3. The summed E-state index contributed by atoms with van der Waals surface area (Å²) in [6.07, 6.45) is 1.59. The van der Waals surface area contributed by atoms with E-state index in [1.54, 1.807) is 12.3 Å². The SMILES string of the molecule is Cc1cccc(Nc2nc(NCC(C)(C)CN)nc3cc[nH]c(=O)c23)c1. The van der Waals surface area contributed by atoms with Crippen molar-refractivity contribution in [1.82, 2.24) is 15.0 Å². The first-order chi connectivity index (χ1) is 12.4. The molecular weight excluding hydrogens is 328 g/mol. The van der Waals surface area contributed by atoms with Gasteiger partial charge in [-0.3, -0.25) is 4.79 Å². The number of pyridine rings is 1. The zero-order valence-corrected chi connectivity index (χ0v) is 15.3. The number of H-pyrrole nitrogens is 1. The Balaban J connectivity index is 2.02. The zero-order chi connectivity index (χ0) is 18.7. The van der Waals surface area contributed by atoms with Crippen molar-refractivity contribution < 1.29 is 0 Å². The lowest BCUT2D eigenvalue weighted by Gasteiger charge is -2.22. The fourth-order valence-electron chi connectivity index (χ4n) is 2.51. The van der Waals surface area contributed by atoms with E-state index < -0.39 is 0 Å². The molecule has 3 rings (SSSR count). The van der Waals surface area contributed by atoms with Crippen molar-refractivity contribution >= 4 is 28.4 Å². The summed E-state index contributed by atoms with van der Waals surface area (Å²) in [4.78, 5) is 24.0. The van der Waals surface area contributed by atoms with Gasteiger partial charge in [0.25, 0.3) is 5.56 Å². The third-order valence-corrected chi connectivity index (χ3v) is 4.18. The first-order valence-corrected chi connectivity index (χ1v) is 8.55. The summed E-state index contributed by atoms with van der Waals surface area (Å²) in [5.74, 6) is 0.926. The minimum atomic E-state index is -0.230. The van der Waals surface area contributed by atoms with Crippen molar-refractivity contribution in [2.75, 3.05) is 23.7 Å². The summed E-state index contributed by atoms with van der Waals surface area (Å²) in [6.45, 7) is 7.32. The lowest BCUT2D eigenvalue weighted by Crippen LogP contribution is -2.31. The van der Waals surface area contributed by atoms with E-state index in [1.807, 2.05) is 31.2 Å². The van der Waals surface area contributed by atoms with Gasteiger partial charge in [-0.05, 0) is 42.6 Å². The molecule has 0 saturated heterocycles. The van der Waals surface area contributed by atoms with Crippen LogP contribution >= 0.6 is 0 Å². The molecular formula is C19H24N6O. The van der Waals surface area contributed by atoms with Gasteiger partial charge >= 0.3 is 0 Å². The Morgan fingerprint density at radius 3 is 2.77 bits per heavy atom. The quantitative estimate of drug-likeness (QED) is 0.543. The fraction of sp³-hybridized carbons (Fsp3) is 0.316. The smallest absolute Gasteiger partial charge is 0.261 e. The van der Waals surface area contributed by atoms with Gasteiger partial charge < -0.3 is 21.4 Å². The highest BCUT2D eigenvalue weighted by atomic mass is 16.1. The third kappa shape index (κ3) is 4.00. The van der Waals surface area contributed by atoms with E-state index in [-0.39, 0.29) is 11.0 Å². The Kier molecular flexibility index (Phi) is 4.90. The number of hydrogen-bond acceptors (Lipinski definition) is 6. The van der Waals surface area contributed by atoms with E-state index >= 15 is 0 Å². The van der Waals surface area contributed by atoms with Gasteiger partial charge in [0.2, 0.25) is 5.95 Å². The summed E-state index contributed by atoms with van der Waals surface area (Å²) < 4.78 is 0. The van der Waals surface area contributed by atoms with E-state index in [4.69, 9.17) is 5.73 Å². The summed E-state index contributed by atoms with van der Waals surface area (Å²) in [5, 5.41) is 6.90. The molecule has 0 aliphatic heterocycles. The molecule has 26 heavy (non-hydrogen) atoms. The van der Waals surface area contributed by atoms with E-state index in [0.29, 0.717) is 35.8 Å². The lowest BCUT2D eigenvalue weighted by atomic mass is 9.94. The van der Waals surface area contributed by atoms with Gasteiger partial charge in [-0.2, -0.15) is 4.98 Å². The van der Waals surface area contributed by atoms with Crippen LogP contribution in [-0.4, -0.2) is 28.0 Å². The number of nitrogens with zero attached hydrogens (tertiary/aromatic N) is 2. The number of nitrogens with two attached hydrogens (primary N) is 1. The Hall–Kier alpha value is -2.93. The van der Waals surface area contributed by atoms with Gasteiger partial charge in [-0.15, -0.1) is 0 Å². The van der Waals surface area contributed by atoms with Crippen LogP contribution in [0, 0.1) is 12.3 Å². The zero-order valence-electron chi connectivity index (χ0n) is 15.3. The number of hydrogen-bond donors (Lipinski definition) is 4. The van der Waals surface area contributed by atoms with Crippen LogP contribution in [0.5, 0.6) is 0 Å². The molecule has 0 fully saturated rings. The van der Waals surface area contributed by atoms with Crippen molar-refractivity contribution in [3.8, 4) is 0 Å². The average Bonchev–Trinajstić information content (AvgIpc) is 2.60. The highest BCUT2D eigenvalue weighted by molar-refractivity contribution is 5.90. The van der Waals surface area contributed by atoms with Crippen LogP contribution in [0.2, 0.25) is 0 Å².